The number of nitrogens with one attached hydrogen (secondary N) is 2. The summed E-state index contributed by atoms with van der Waals surface area (Å²) < 4.78 is 12.5. The van der Waals surface area contributed by atoms with Crippen LogP contribution >= 0.6 is 12.4 Å². The summed E-state index contributed by atoms with van der Waals surface area (Å²) in [6.07, 6.45) is 3.74. The number of amides is 1. The summed E-state index contributed by atoms with van der Waals surface area (Å²) in [6, 6.07) is 6.11. The van der Waals surface area contributed by atoms with E-state index < -0.39 is 0 Å². The summed E-state index contributed by atoms with van der Waals surface area (Å²) in [4.78, 5) is 12.6. The Balaban J connectivity index is 0.00000300. The minimum Gasteiger partial charge on any atom is -0.493 e. The molecule has 9 heteroatoms. The van der Waals surface area contributed by atoms with Gasteiger partial charge in [-0.05, 0) is 43.6 Å². The van der Waals surface area contributed by atoms with Crippen molar-refractivity contribution >= 4 is 18.3 Å². The molecule has 0 radical (unpaired) electrons. The SMILES string of the molecule is COc1ccc(C(C)(C)CNC(=O)c2cn(C3CCNCC3)nn2)cc1OC.Cl. The van der Waals surface area contributed by atoms with Crippen molar-refractivity contribution in [2.45, 2.75) is 38.1 Å². The summed E-state index contributed by atoms with van der Waals surface area (Å²) >= 11 is 0. The molecule has 0 saturated carbocycles. The Morgan fingerprint density at radius 1 is 1.24 bits per heavy atom. The number of carbonyl (C=O) groups is 1. The molecule has 0 atom stereocenters. The maximum atomic E-state index is 12.6. The zero-order valence-corrected chi connectivity index (χ0v) is 18.2. The number of halogens is 1. The number of benzene rings is 1. The lowest BCUT2D eigenvalue weighted by molar-refractivity contribution is 0.0940. The number of methoxy groups -OCH3 is 2. The highest BCUT2D eigenvalue weighted by molar-refractivity contribution is 5.91. The molecule has 1 aromatic carbocycles. The number of rotatable bonds is 7. The third-order valence-electron chi connectivity index (χ3n) is 5.28. The van der Waals surface area contributed by atoms with E-state index in [9.17, 15) is 4.79 Å². The Labute approximate surface area is 177 Å². The first kappa shape index (κ1) is 23.0. The molecule has 2 N–H and O–H groups in total. The van der Waals surface area contributed by atoms with Crippen LogP contribution in [0.2, 0.25) is 0 Å². The van der Waals surface area contributed by atoms with E-state index in [1.54, 1.807) is 20.4 Å². The lowest BCUT2D eigenvalue weighted by atomic mass is 9.84. The summed E-state index contributed by atoms with van der Waals surface area (Å²) in [5, 5.41) is 14.5. The zero-order chi connectivity index (χ0) is 20.1. The molecule has 1 aliphatic heterocycles. The predicted molar refractivity (Wildman–Crippen MR) is 113 cm³/mol. The van der Waals surface area contributed by atoms with E-state index in [2.05, 4.69) is 34.8 Å². The first-order valence-corrected chi connectivity index (χ1v) is 9.58. The van der Waals surface area contributed by atoms with Gasteiger partial charge in [-0.3, -0.25) is 4.79 Å². The van der Waals surface area contributed by atoms with E-state index in [4.69, 9.17) is 9.47 Å². The first-order valence-electron chi connectivity index (χ1n) is 9.58. The van der Waals surface area contributed by atoms with Gasteiger partial charge in [-0.25, -0.2) is 4.68 Å². The van der Waals surface area contributed by atoms with Crippen molar-refractivity contribution in [2.24, 2.45) is 0 Å². The van der Waals surface area contributed by atoms with Crippen molar-refractivity contribution in [3.05, 3.63) is 35.7 Å². The van der Waals surface area contributed by atoms with E-state index in [0.29, 0.717) is 29.8 Å². The molecule has 1 fully saturated rings. The van der Waals surface area contributed by atoms with Gasteiger partial charge < -0.3 is 20.1 Å². The van der Waals surface area contributed by atoms with Gasteiger partial charge >= 0.3 is 0 Å². The van der Waals surface area contributed by atoms with Gasteiger partial charge in [-0.1, -0.05) is 25.1 Å². The molecule has 3 rings (SSSR count). The van der Waals surface area contributed by atoms with Crippen LogP contribution in [0.5, 0.6) is 11.5 Å². The summed E-state index contributed by atoms with van der Waals surface area (Å²) in [5.41, 5.74) is 1.10. The minimum atomic E-state index is -0.291. The van der Waals surface area contributed by atoms with Crippen LogP contribution in [0.15, 0.2) is 24.4 Å². The lowest BCUT2D eigenvalue weighted by Crippen LogP contribution is -2.36. The normalized spacial score (nSPS) is 14.8. The van der Waals surface area contributed by atoms with Crippen molar-refractivity contribution in [1.82, 2.24) is 25.6 Å². The molecule has 1 aliphatic rings. The smallest absolute Gasteiger partial charge is 0.273 e. The number of piperidine rings is 1. The van der Waals surface area contributed by atoms with Gasteiger partial charge in [-0.15, -0.1) is 17.5 Å². The third-order valence-corrected chi connectivity index (χ3v) is 5.28. The molecule has 0 unspecified atom stereocenters. The second-order valence-electron chi connectivity index (χ2n) is 7.70. The molecular formula is C20H30ClN5O3. The first-order chi connectivity index (χ1) is 13.4. The summed E-state index contributed by atoms with van der Waals surface area (Å²) in [5.74, 6) is 1.14. The topological polar surface area (TPSA) is 90.3 Å². The van der Waals surface area contributed by atoms with Gasteiger partial charge in [-0.2, -0.15) is 0 Å². The van der Waals surface area contributed by atoms with Gasteiger partial charge in [0, 0.05) is 12.0 Å². The van der Waals surface area contributed by atoms with Crippen molar-refractivity contribution < 1.29 is 14.3 Å². The molecule has 160 valence electrons. The van der Waals surface area contributed by atoms with Gasteiger partial charge in [0.05, 0.1) is 26.5 Å². The number of nitrogens with zero attached hydrogens (tertiary/aromatic N) is 3. The van der Waals surface area contributed by atoms with Crippen LogP contribution < -0.4 is 20.1 Å². The van der Waals surface area contributed by atoms with Crippen LogP contribution in [-0.4, -0.2) is 54.8 Å². The van der Waals surface area contributed by atoms with Crippen molar-refractivity contribution in [3.63, 3.8) is 0 Å². The van der Waals surface area contributed by atoms with Crippen LogP contribution in [0.4, 0.5) is 0 Å². The van der Waals surface area contributed by atoms with E-state index in [1.807, 2.05) is 22.9 Å². The highest BCUT2D eigenvalue weighted by Gasteiger charge is 2.25. The second kappa shape index (κ2) is 9.93. The molecule has 0 aliphatic carbocycles. The van der Waals surface area contributed by atoms with Crippen molar-refractivity contribution in [2.75, 3.05) is 33.9 Å². The fourth-order valence-electron chi connectivity index (χ4n) is 3.38. The van der Waals surface area contributed by atoms with E-state index >= 15 is 0 Å². The quantitative estimate of drug-likeness (QED) is 0.710. The highest BCUT2D eigenvalue weighted by Crippen LogP contribution is 2.32. The van der Waals surface area contributed by atoms with Crippen LogP contribution in [0.3, 0.4) is 0 Å². The van der Waals surface area contributed by atoms with Crippen LogP contribution in [0, 0.1) is 0 Å². The molecule has 2 heterocycles. The van der Waals surface area contributed by atoms with Crippen molar-refractivity contribution in [1.29, 1.82) is 0 Å². The van der Waals surface area contributed by atoms with E-state index in [1.165, 1.54) is 0 Å². The Bertz CT molecular complexity index is 818. The number of hydrogen-bond donors (Lipinski definition) is 2. The monoisotopic (exact) mass is 423 g/mol. The van der Waals surface area contributed by atoms with Gasteiger partial charge in [0.2, 0.25) is 0 Å². The number of hydrogen-bond acceptors (Lipinski definition) is 6. The van der Waals surface area contributed by atoms with Crippen LogP contribution in [0.1, 0.15) is 48.8 Å². The third kappa shape index (κ3) is 5.39. The maximum Gasteiger partial charge on any atom is 0.273 e. The Kier molecular flexibility index (Phi) is 7.87. The molecule has 8 nitrogen and oxygen atoms in total. The Hall–Kier alpha value is -2.32. The highest BCUT2D eigenvalue weighted by atomic mass is 35.5. The van der Waals surface area contributed by atoms with E-state index in [0.717, 1.165) is 31.5 Å². The average molecular weight is 424 g/mol. The summed E-state index contributed by atoms with van der Waals surface area (Å²) in [7, 11) is 3.22. The fourth-order valence-corrected chi connectivity index (χ4v) is 3.38. The zero-order valence-electron chi connectivity index (χ0n) is 17.4. The maximum absolute atomic E-state index is 12.6. The van der Waals surface area contributed by atoms with Gasteiger partial charge in [0.25, 0.3) is 5.91 Å². The molecule has 1 aromatic heterocycles. The predicted octanol–water partition coefficient (Wildman–Crippen LogP) is 2.35. The van der Waals surface area contributed by atoms with Crippen molar-refractivity contribution in [3.8, 4) is 11.5 Å². The van der Waals surface area contributed by atoms with Crippen LogP contribution in [0.25, 0.3) is 0 Å². The molecule has 0 bridgehead atoms. The second-order valence-corrected chi connectivity index (χ2v) is 7.70. The van der Waals surface area contributed by atoms with Gasteiger partial charge in [0.15, 0.2) is 17.2 Å². The molecule has 2 aromatic rings. The van der Waals surface area contributed by atoms with E-state index in [-0.39, 0.29) is 23.7 Å². The Morgan fingerprint density at radius 3 is 2.59 bits per heavy atom. The molecule has 1 amide bonds. The lowest BCUT2D eigenvalue weighted by Gasteiger charge is -2.26. The number of aromatic nitrogens is 3. The van der Waals surface area contributed by atoms with Gasteiger partial charge in [0.1, 0.15) is 0 Å². The number of ether oxygens (including phenoxy) is 2. The largest absolute Gasteiger partial charge is 0.493 e. The molecule has 29 heavy (non-hydrogen) atoms. The summed E-state index contributed by atoms with van der Waals surface area (Å²) in [6.45, 7) is 6.53. The Morgan fingerprint density at radius 2 is 1.93 bits per heavy atom. The van der Waals surface area contributed by atoms with Crippen LogP contribution in [-0.2, 0) is 5.41 Å². The minimum absolute atomic E-state index is 0. The average Bonchev–Trinajstić information content (AvgIpc) is 3.22. The number of carbonyl (C=O) groups excluding carboxylic acids is 1. The molecular weight excluding hydrogens is 394 g/mol. The molecule has 0 spiro atoms. The molecule has 1 saturated heterocycles. The standard InChI is InChI=1S/C20H29N5O3.ClH/c1-20(2,14-5-6-17(27-3)18(11-14)28-4)13-22-19(26)16-12-25(24-23-16)15-7-9-21-10-8-15;/h5-6,11-12,15,21H,7-10,13H2,1-4H3,(H,22,26);1H. The fraction of sp³-hybridized carbons (Fsp3) is 0.550.